The number of hydrogen-bond donors (Lipinski definition) is 1. The lowest BCUT2D eigenvalue weighted by molar-refractivity contribution is -0.128. The number of amides is 1. The molecule has 0 unspecified atom stereocenters. The van der Waals surface area contributed by atoms with Crippen LogP contribution in [0.25, 0.3) is 6.08 Å². The number of rotatable bonds is 6. The molecule has 0 saturated heterocycles. The van der Waals surface area contributed by atoms with Gasteiger partial charge in [-0.05, 0) is 11.6 Å². The SMILES string of the molecule is O=C(/C=C/c1ccccc1)N(CCO)CC(F)F. The normalized spacial score (nSPS) is 11.1. The average Bonchev–Trinajstić information content (AvgIpc) is 2.36. The van der Waals surface area contributed by atoms with Gasteiger partial charge in [-0.3, -0.25) is 4.79 Å². The van der Waals surface area contributed by atoms with E-state index in [-0.39, 0.29) is 13.2 Å². The van der Waals surface area contributed by atoms with Gasteiger partial charge in [0.15, 0.2) is 0 Å². The summed E-state index contributed by atoms with van der Waals surface area (Å²) in [5, 5.41) is 8.72. The van der Waals surface area contributed by atoms with Crippen LogP contribution in [0.15, 0.2) is 36.4 Å². The fraction of sp³-hybridized carbons (Fsp3) is 0.308. The summed E-state index contributed by atoms with van der Waals surface area (Å²) in [5.74, 6) is -0.534. The Labute approximate surface area is 104 Å². The van der Waals surface area contributed by atoms with Gasteiger partial charge in [-0.15, -0.1) is 0 Å². The van der Waals surface area contributed by atoms with Crippen LogP contribution in [0.4, 0.5) is 8.78 Å². The van der Waals surface area contributed by atoms with Crippen LogP contribution in [0.5, 0.6) is 0 Å². The van der Waals surface area contributed by atoms with Gasteiger partial charge < -0.3 is 10.0 Å². The second-order valence-corrected chi connectivity index (χ2v) is 3.64. The van der Waals surface area contributed by atoms with E-state index in [1.54, 1.807) is 18.2 Å². The van der Waals surface area contributed by atoms with Gasteiger partial charge in [-0.2, -0.15) is 0 Å². The van der Waals surface area contributed by atoms with E-state index in [1.165, 1.54) is 6.08 Å². The average molecular weight is 255 g/mol. The highest BCUT2D eigenvalue weighted by Gasteiger charge is 2.15. The summed E-state index contributed by atoms with van der Waals surface area (Å²) in [6.07, 6.45) is 0.177. The van der Waals surface area contributed by atoms with E-state index >= 15 is 0 Å². The molecule has 0 spiro atoms. The van der Waals surface area contributed by atoms with Crippen molar-refractivity contribution in [2.75, 3.05) is 19.7 Å². The second kappa shape index (κ2) is 7.55. The maximum absolute atomic E-state index is 12.2. The first-order valence-corrected chi connectivity index (χ1v) is 5.54. The standard InChI is InChI=1S/C13H15F2NO2/c14-12(15)10-16(8-9-17)13(18)7-6-11-4-2-1-3-5-11/h1-7,12,17H,8-10H2/b7-6+. The molecule has 0 atom stereocenters. The van der Waals surface area contributed by atoms with Crippen LogP contribution in [0.1, 0.15) is 5.56 Å². The summed E-state index contributed by atoms with van der Waals surface area (Å²) in [7, 11) is 0. The summed E-state index contributed by atoms with van der Waals surface area (Å²) in [4.78, 5) is 12.6. The van der Waals surface area contributed by atoms with Crippen LogP contribution in [0, 0.1) is 0 Å². The van der Waals surface area contributed by atoms with Crippen molar-refractivity contribution >= 4 is 12.0 Å². The minimum Gasteiger partial charge on any atom is -0.395 e. The Hall–Kier alpha value is -1.75. The first kappa shape index (κ1) is 14.3. The molecule has 0 aliphatic heterocycles. The van der Waals surface area contributed by atoms with Crippen LogP contribution in [-0.4, -0.2) is 42.0 Å². The molecular weight excluding hydrogens is 240 g/mol. The van der Waals surface area contributed by atoms with Crippen molar-refractivity contribution in [2.45, 2.75) is 6.43 Å². The first-order chi connectivity index (χ1) is 8.63. The first-order valence-electron chi connectivity index (χ1n) is 5.54. The van der Waals surface area contributed by atoms with Gasteiger partial charge in [0.1, 0.15) is 0 Å². The molecular formula is C13H15F2NO2. The fourth-order valence-corrected chi connectivity index (χ4v) is 1.42. The van der Waals surface area contributed by atoms with E-state index in [1.807, 2.05) is 18.2 Å². The van der Waals surface area contributed by atoms with Crippen LogP contribution in [-0.2, 0) is 4.79 Å². The lowest BCUT2D eigenvalue weighted by Crippen LogP contribution is -2.36. The smallest absolute Gasteiger partial charge is 0.255 e. The van der Waals surface area contributed by atoms with Gasteiger partial charge in [-0.1, -0.05) is 30.3 Å². The van der Waals surface area contributed by atoms with Gasteiger partial charge in [0.2, 0.25) is 5.91 Å². The van der Waals surface area contributed by atoms with Crippen LogP contribution in [0.2, 0.25) is 0 Å². The van der Waals surface area contributed by atoms with E-state index in [0.717, 1.165) is 10.5 Å². The molecule has 0 aliphatic rings. The van der Waals surface area contributed by atoms with Crippen molar-refractivity contribution in [3.8, 4) is 0 Å². The Bertz CT molecular complexity index is 393. The van der Waals surface area contributed by atoms with E-state index in [4.69, 9.17) is 5.11 Å². The number of alkyl halides is 2. The van der Waals surface area contributed by atoms with Crippen LogP contribution >= 0.6 is 0 Å². The summed E-state index contributed by atoms with van der Waals surface area (Å²) < 4.78 is 24.5. The quantitative estimate of drug-likeness (QED) is 0.787. The Kier molecular flexibility index (Phi) is 6.00. The molecule has 0 saturated carbocycles. The Morgan fingerprint density at radius 2 is 2.00 bits per heavy atom. The molecule has 98 valence electrons. The van der Waals surface area contributed by atoms with Crippen molar-refractivity contribution in [1.82, 2.24) is 4.90 Å². The van der Waals surface area contributed by atoms with Crippen molar-refractivity contribution in [3.05, 3.63) is 42.0 Å². The van der Waals surface area contributed by atoms with Crippen molar-refractivity contribution in [3.63, 3.8) is 0 Å². The third-order valence-electron chi connectivity index (χ3n) is 2.26. The van der Waals surface area contributed by atoms with Crippen molar-refractivity contribution < 1.29 is 18.7 Å². The molecule has 1 rings (SSSR count). The molecule has 0 aliphatic carbocycles. The third-order valence-corrected chi connectivity index (χ3v) is 2.26. The second-order valence-electron chi connectivity index (χ2n) is 3.64. The number of carbonyl (C=O) groups is 1. The van der Waals surface area contributed by atoms with Gasteiger partial charge >= 0.3 is 0 Å². The van der Waals surface area contributed by atoms with Crippen molar-refractivity contribution in [1.29, 1.82) is 0 Å². The number of benzene rings is 1. The molecule has 18 heavy (non-hydrogen) atoms. The molecule has 0 radical (unpaired) electrons. The molecule has 3 nitrogen and oxygen atoms in total. The highest BCUT2D eigenvalue weighted by Crippen LogP contribution is 2.04. The van der Waals surface area contributed by atoms with E-state index in [9.17, 15) is 13.6 Å². The predicted molar refractivity (Wildman–Crippen MR) is 65.1 cm³/mol. The number of nitrogens with zero attached hydrogens (tertiary/aromatic N) is 1. The van der Waals surface area contributed by atoms with E-state index in [0.29, 0.717) is 0 Å². The number of halogens is 2. The van der Waals surface area contributed by atoms with E-state index in [2.05, 4.69) is 0 Å². The zero-order valence-corrected chi connectivity index (χ0v) is 9.80. The van der Waals surface area contributed by atoms with Crippen LogP contribution < -0.4 is 0 Å². The number of carbonyl (C=O) groups excluding carboxylic acids is 1. The van der Waals surface area contributed by atoms with Gasteiger partial charge in [0.25, 0.3) is 6.43 Å². The number of aliphatic hydroxyl groups excluding tert-OH is 1. The monoisotopic (exact) mass is 255 g/mol. The summed E-state index contributed by atoms with van der Waals surface area (Å²) in [5.41, 5.74) is 0.812. The highest BCUT2D eigenvalue weighted by molar-refractivity contribution is 5.91. The third kappa shape index (κ3) is 5.05. The highest BCUT2D eigenvalue weighted by atomic mass is 19.3. The molecule has 1 aromatic carbocycles. The van der Waals surface area contributed by atoms with Gasteiger partial charge in [0.05, 0.1) is 13.2 Å². The Morgan fingerprint density at radius 1 is 1.33 bits per heavy atom. The van der Waals surface area contributed by atoms with Crippen LogP contribution in [0.3, 0.4) is 0 Å². The lowest BCUT2D eigenvalue weighted by Gasteiger charge is -2.19. The molecule has 1 amide bonds. The Balaban J connectivity index is 2.63. The van der Waals surface area contributed by atoms with Gasteiger partial charge in [0, 0.05) is 12.6 Å². The lowest BCUT2D eigenvalue weighted by atomic mass is 10.2. The number of aliphatic hydroxyl groups is 1. The number of hydrogen-bond acceptors (Lipinski definition) is 2. The molecule has 0 bridgehead atoms. The zero-order chi connectivity index (χ0) is 13.4. The summed E-state index contributed by atoms with van der Waals surface area (Å²) in [6.45, 7) is -1.10. The Morgan fingerprint density at radius 3 is 2.56 bits per heavy atom. The molecule has 1 aromatic rings. The molecule has 1 N–H and O–H groups in total. The summed E-state index contributed by atoms with van der Waals surface area (Å²) in [6, 6.07) is 9.07. The molecule has 0 fully saturated rings. The minimum absolute atomic E-state index is 0.0949. The van der Waals surface area contributed by atoms with Gasteiger partial charge in [-0.25, -0.2) is 8.78 Å². The maximum atomic E-state index is 12.2. The largest absolute Gasteiger partial charge is 0.395 e. The molecule has 0 heterocycles. The van der Waals surface area contributed by atoms with Crippen molar-refractivity contribution in [2.24, 2.45) is 0 Å². The summed E-state index contributed by atoms with van der Waals surface area (Å²) >= 11 is 0. The van der Waals surface area contributed by atoms with E-state index < -0.39 is 18.9 Å². The zero-order valence-electron chi connectivity index (χ0n) is 9.80. The predicted octanol–water partition coefficient (Wildman–Crippen LogP) is 1.79. The topological polar surface area (TPSA) is 40.5 Å². The minimum atomic E-state index is -2.61. The molecule has 0 aromatic heterocycles. The fourth-order valence-electron chi connectivity index (χ4n) is 1.42. The molecule has 5 heteroatoms. The maximum Gasteiger partial charge on any atom is 0.255 e.